The fourth-order valence-corrected chi connectivity index (χ4v) is 3.65. The Bertz CT molecular complexity index is 836. The van der Waals surface area contributed by atoms with E-state index >= 15 is 0 Å². The molecule has 0 heterocycles. The van der Waals surface area contributed by atoms with Crippen LogP contribution in [0.4, 0.5) is 0 Å². The molecule has 2 aromatic rings. The number of sulfonamides is 1. The van der Waals surface area contributed by atoms with E-state index in [1.54, 1.807) is 6.07 Å². The molecule has 2 aromatic carbocycles. The van der Waals surface area contributed by atoms with E-state index in [4.69, 9.17) is 11.6 Å². The third kappa shape index (κ3) is 6.12. The molecule has 0 bridgehead atoms. The Kier molecular flexibility index (Phi) is 7.63. The van der Waals surface area contributed by atoms with Crippen molar-refractivity contribution in [1.82, 2.24) is 10.0 Å². The minimum atomic E-state index is -3.53. The Morgan fingerprint density at radius 1 is 1.08 bits per heavy atom. The van der Waals surface area contributed by atoms with Gasteiger partial charge >= 0.3 is 0 Å². The van der Waals surface area contributed by atoms with Gasteiger partial charge in [0, 0.05) is 23.7 Å². The molecule has 7 heteroatoms. The van der Waals surface area contributed by atoms with Crippen LogP contribution in [0.25, 0.3) is 0 Å². The van der Waals surface area contributed by atoms with Crippen LogP contribution in [0.5, 0.6) is 0 Å². The molecule has 0 spiro atoms. The molecule has 0 aliphatic carbocycles. The lowest BCUT2D eigenvalue weighted by Gasteiger charge is -2.08. The number of hydrogen-bond donors (Lipinski definition) is 2. The number of unbranched alkanes of at least 4 members (excludes halogenated alkanes) is 1. The molecule has 2 N–H and O–H groups in total. The lowest BCUT2D eigenvalue weighted by Crippen LogP contribution is -2.26. The highest BCUT2D eigenvalue weighted by atomic mass is 35.5. The Hall–Kier alpha value is -1.89. The van der Waals surface area contributed by atoms with Crippen molar-refractivity contribution in [3.8, 4) is 0 Å². The lowest BCUT2D eigenvalue weighted by atomic mass is 10.1. The van der Waals surface area contributed by atoms with Crippen LogP contribution in [0.3, 0.4) is 0 Å². The molecule has 5 nitrogen and oxygen atoms in total. The van der Waals surface area contributed by atoms with Gasteiger partial charge in [0.1, 0.15) is 0 Å². The summed E-state index contributed by atoms with van der Waals surface area (Å²) in [6, 6.07) is 13.4. The van der Waals surface area contributed by atoms with Crippen LogP contribution >= 0.6 is 11.6 Å². The summed E-state index contributed by atoms with van der Waals surface area (Å²) in [5.74, 6) is -0.241. The maximum atomic E-state index is 12.2. The van der Waals surface area contributed by atoms with Gasteiger partial charge in [-0.2, -0.15) is 0 Å². The summed E-state index contributed by atoms with van der Waals surface area (Å²) in [5.41, 5.74) is 1.46. The van der Waals surface area contributed by atoms with Gasteiger partial charge in [-0.1, -0.05) is 37.1 Å². The molecule has 0 aliphatic rings. The minimum Gasteiger partial charge on any atom is -0.352 e. The van der Waals surface area contributed by atoms with Gasteiger partial charge in [0.15, 0.2) is 0 Å². The molecule has 1 amide bonds. The highest BCUT2D eigenvalue weighted by Crippen LogP contribution is 2.12. The van der Waals surface area contributed by atoms with Crippen LogP contribution in [0.2, 0.25) is 5.02 Å². The normalized spacial score (nSPS) is 11.3. The maximum Gasteiger partial charge on any atom is 0.251 e. The largest absolute Gasteiger partial charge is 0.352 e. The zero-order valence-corrected chi connectivity index (χ0v) is 16.2. The van der Waals surface area contributed by atoms with Crippen molar-refractivity contribution in [3.63, 3.8) is 0 Å². The van der Waals surface area contributed by atoms with Gasteiger partial charge in [-0.15, -0.1) is 0 Å². The fourth-order valence-electron chi connectivity index (χ4n) is 2.37. The number of carbonyl (C=O) groups excluding carboxylic acids is 1. The van der Waals surface area contributed by atoms with Crippen LogP contribution < -0.4 is 10.0 Å². The lowest BCUT2D eigenvalue weighted by molar-refractivity contribution is 0.0954. The van der Waals surface area contributed by atoms with Crippen LogP contribution in [-0.2, 0) is 16.4 Å². The smallest absolute Gasteiger partial charge is 0.251 e. The molecular formula is C19H23ClN2O3S. The van der Waals surface area contributed by atoms with Crippen LogP contribution in [-0.4, -0.2) is 27.4 Å². The number of nitrogens with one attached hydrogen (secondary N) is 2. The van der Waals surface area contributed by atoms with Crippen molar-refractivity contribution in [2.75, 3.05) is 13.1 Å². The van der Waals surface area contributed by atoms with Gasteiger partial charge < -0.3 is 5.32 Å². The van der Waals surface area contributed by atoms with E-state index in [-0.39, 0.29) is 10.8 Å². The minimum absolute atomic E-state index is 0.157. The van der Waals surface area contributed by atoms with Gasteiger partial charge in [0.25, 0.3) is 5.91 Å². The predicted octanol–water partition coefficient (Wildman–Crippen LogP) is 3.39. The molecule has 0 saturated carbocycles. The summed E-state index contributed by atoms with van der Waals surface area (Å²) >= 11 is 5.93. The number of rotatable bonds is 9. The molecule has 0 radical (unpaired) electrons. The Morgan fingerprint density at radius 2 is 1.81 bits per heavy atom. The van der Waals surface area contributed by atoms with E-state index in [0.717, 1.165) is 18.4 Å². The summed E-state index contributed by atoms with van der Waals surface area (Å²) in [6.45, 7) is 2.87. The number of halogens is 1. The first-order chi connectivity index (χ1) is 12.4. The summed E-state index contributed by atoms with van der Waals surface area (Å²) in [7, 11) is -3.53. The monoisotopic (exact) mass is 394 g/mol. The molecule has 0 atom stereocenters. The van der Waals surface area contributed by atoms with Gasteiger partial charge in [-0.25, -0.2) is 13.1 Å². The summed E-state index contributed by atoms with van der Waals surface area (Å²) in [6.07, 6.45) is 2.36. The van der Waals surface area contributed by atoms with Gasteiger partial charge in [-0.3, -0.25) is 4.79 Å². The van der Waals surface area contributed by atoms with Crippen molar-refractivity contribution >= 4 is 27.5 Å². The molecule has 0 unspecified atom stereocenters. The van der Waals surface area contributed by atoms with Crippen LogP contribution in [0, 0.1) is 0 Å². The highest BCUT2D eigenvalue weighted by molar-refractivity contribution is 7.89. The Balaban J connectivity index is 1.89. The number of carbonyl (C=O) groups is 1. The highest BCUT2D eigenvalue weighted by Gasteiger charge is 2.14. The summed E-state index contributed by atoms with van der Waals surface area (Å²) in [4.78, 5) is 12.3. The number of amides is 1. The Labute approximate surface area is 159 Å². The first-order valence-corrected chi connectivity index (χ1v) is 10.4. The van der Waals surface area contributed by atoms with E-state index < -0.39 is 10.0 Å². The van der Waals surface area contributed by atoms with Crippen LogP contribution in [0.1, 0.15) is 35.7 Å². The van der Waals surface area contributed by atoms with Crippen molar-refractivity contribution in [1.29, 1.82) is 0 Å². The zero-order valence-electron chi connectivity index (χ0n) is 14.7. The average Bonchev–Trinajstić information content (AvgIpc) is 2.62. The molecule has 0 fully saturated rings. The second kappa shape index (κ2) is 9.71. The Morgan fingerprint density at radius 3 is 2.46 bits per heavy atom. The van der Waals surface area contributed by atoms with E-state index in [1.165, 1.54) is 24.3 Å². The first kappa shape index (κ1) is 20.4. The second-order valence-corrected chi connectivity index (χ2v) is 8.11. The molecule has 140 valence electrons. The zero-order chi connectivity index (χ0) is 19.0. The third-order valence-corrected chi connectivity index (χ3v) is 5.55. The van der Waals surface area contributed by atoms with E-state index in [0.29, 0.717) is 30.1 Å². The van der Waals surface area contributed by atoms with Crippen molar-refractivity contribution < 1.29 is 13.2 Å². The summed E-state index contributed by atoms with van der Waals surface area (Å²) < 4.78 is 26.8. The predicted molar refractivity (Wildman–Crippen MR) is 104 cm³/mol. The van der Waals surface area contributed by atoms with E-state index in [9.17, 15) is 13.2 Å². The van der Waals surface area contributed by atoms with Crippen molar-refractivity contribution in [3.05, 3.63) is 64.7 Å². The standard InChI is InChI=1S/C19H23ClN2O3S/c1-2-3-12-22-26(24,25)18-9-7-16(8-10-18)19(23)21-13-11-15-5-4-6-17(20)14-15/h4-10,14,22H,2-3,11-13H2,1H3,(H,21,23). The van der Waals surface area contributed by atoms with Crippen molar-refractivity contribution in [2.45, 2.75) is 31.1 Å². The van der Waals surface area contributed by atoms with E-state index in [2.05, 4.69) is 10.0 Å². The summed E-state index contributed by atoms with van der Waals surface area (Å²) in [5, 5.41) is 3.48. The second-order valence-electron chi connectivity index (χ2n) is 5.91. The average molecular weight is 395 g/mol. The topological polar surface area (TPSA) is 75.3 Å². The van der Waals surface area contributed by atoms with Crippen molar-refractivity contribution in [2.24, 2.45) is 0 Å². The maximum absolute atomic E-state index is 12.2. The SMILES string of the molecule is CCCCNS(=O)(=O)c1ccc(C(=O)NCCc2cccc(Cl)c2)cc1. The van der Waals surface area contributed by atoms with Crippen LogP contribution in [0.15, 0.2) is 53.4 Å². The number of hydrogen-bond acceptors (Lipinski definition) is 3. The number of benzene rings is 2. The molecule has 0 saturated heterocycles. The molecule has 2 rings (SSSR count). The molecule has 0 aromatic heterocycles. The first-order valence-electron chi connectivity index (χ1n) is 8.55. The quantitative estimate of drug-likeness (QED) is 0.640. The third-order valence-electron chi connectivity index (χ3n) is 3.84. The molecule has 0 aliphatic heterocycles. The van der Waals surface area contributed by atoms with E-state index in [1.807, 2.05) is 25.1 Å². The van der Waals surface area contributed by atoms with Gasteiger partial charge in [0.2, 0.25) is 10.0 Å². The van der Waals surface area contributed by atoms with Gasteiger partial charge in [0.05, 0.1) is 4.90 Å². The van der Waals surface area contributed by atoms with Gasteiger partial charge in [-0.05, 0) is 54.8 Å². The molecular weight excluding hydrogens is 372 g/mol. The fraction of sp³-hybridized carbons (Fsp3) is 0.316. The molecule has 26 heavy (non-hydrogen) atoms.